The van der Waals surface area contributed by atoms with Crippen LogP contribution >= 0.6 is 0 Å². The summed E-state index contributed by atoms with van der Waals surface area (Å²) in [5.41, 5.74) is 2.50. The van der Waals surface area contributed by atoms with Crippen LogP contribution in [-0.4, -0.2) is 12.7 Å². The molecular weight excluding hydrogens is 260 g/mol. The first-order chi connectivity index (χ1) is 10.4. The van der Waals surface area contributed by atoms with Gasteiger partial charge in [0.25, 0.3) is 0 Å². The second-order valence-corrected chi connectivity index (χ2v) is 5.59. The van der Waals surface area contributed by atoms with Crippen LogP contribution in [-0.2, 0) is 17.8 Å². The van der Waals surface area contributed by atoms with E-state index in [2.05, 4.69) is 24.3 Å². The van der Waals surface area contributed by atoms with Crippen LogP contribution in [0.25, 0.3) is 0 Å². The molecule has 0 N–H and O–H groups in total. The molecule has 0 amide bonds. The third-order valence-corrected chi connectivity index (χ3v) is 3.97. The van der Waals surface area contributed by atoms with Gasteiger partial charge in [-0.2, -0.15) is 0 Å². The van der Waals surface area contributed by atoms with Gasteiger partial charge in [-0.1, -0.05) is 42.5 Å². The summed E-state index contributed by atoms with van der Waals surface area (Å²) in [5, 5.41) is 0. The van der Waals surface area contributed by atoms with E-state index in [1.807, 2.05) is 30.3 Å². The van der Waals surface area contributed by atoms with E-state index >= 15 is 0 Å². The van der Waals surface area contributed by atoms with Crippen molar-refractivity contribution in [2.75, 3.05) is 6.61 Å². The van der Waals surface area contributed by atoms with Crippen LogP contribution in [0.15, 0.2) is 54.6 Å². The molecule has 1 aliphatic rings. The number of hydrogen-bond donors (Lipinski definition) is 0. The van der Waals surface area contributed by atoms with Crippen LogP contribution < -0.4 is 4.74 Å². The lowest BCUT2D eigenvalue weighted by Crippen LogP contribution is -2.22. The quantitative estimate of drug-likeness (QED) is 0.750. The van der Waals surface area contributed by atoms with E-state index in [4.69, 9.17) is 9.47 Å². The summed E-state index contributed by atoms with van der Waals surface area (Å²) in [6, 6.07) is 18.6. The molecule has 2 heteroatoms. The minimum Gasteiger partial charge on any atom is -0.489 e. The van der Waals surface area contributed by atoms with Crippen molar-refractivity contribution in [3.05, 3.63) is 65.7 Å². The molecule has 1 fully saturated rings. The van der Waals surface area contributed by atoms with Crippen molar-refractivity contribution in [2.45, 2.75) is 38.4 Å². The Balaban J connectivity index is 1.42. The Hall–Kier alpha value is -1.80. The predicted octanol–water partition coefficient (Wildman–Crippen LogP) is 4.38. The minimum absolute atomic E-state index is 0.526. The maximum absolute atomic E-state index is 5.79. The summed E-state index contributed by atoms with van der Waals surface area (Å²) in [6.07, 6.45) is 5.32. The number of benzene rings is 2. The molecule has 110 valence electrons. The van der Waals surface area contributed by atoms with Crippen molar-refractivity contribution < 1.29 is 9.47 Å². The molecule has 0 atom stereocenters. The van der Waals surface area contributed by atoms with Gasteiger partial charge in [0, 0.05) is 0 Å². The topological polar surface area (TPSA) is 18.5 Å². The molecule has 3 rings (SSSR count). The van der Waals surface area contributed by atoms with E-state index in [1.54, 1.807) is 0 Å². The van der Waals surface area contributed by atoms with Crippen LogP contribution in [0.4, 0.5) is 0 Å². The van der Waals surface area contributed by atoms with Crippen LogP contribution in [0.2, 0.25) is 0 Å². The number of ether oxygens (including phenoxy) is 2. The Morgan fingerprint density at radius 1 is 0.857 bits per heavy atom. The predicted molar refractivity (Wildman–Crippen MR) is 84.5 cm³/mol. The minimum atomic E-state index is 0.526. The highest BCUT2D eigenvalue weighted by atomic mass is 16.5. The van der Waals surface area contributed by atoms with Crippen molar-refractivity contribution >= 4 is 0 Å². The fourth-order valence-electron chi connectivity index (χ4n) is 2.37. The molecule has 2 nitrogen and oxygen atoms in total. The first-order valence-electron chi connectivity index (χ1n) is 7.77. The molecular formula is C19H22O2. The third-order valence-electron chi connectivity index (χ3n) is 3.97. The Bertz CT molecular complexity index is 529. The zero-order valence-electron chi connectivity index (χ0n) is 12.3. The Morgan fingerprint density at radius 3 is 2.29 bits per heavy atom. The van der Waals surface area contributed by atoms with Gasteiger partial charge in [-0.25, -0.2) is 0 Å². The second-order valence-electron chi connectivity index (χ2n) is 5.59. The second kappa shape index (κ2) is 7.28. The van der Waals surface area contributed by atoms with Crippen LogP contribution in [0, 0.1) is 0 Å². The van der Waals surface area contributed by atoms with Gasteiger partial charge in [-0.15, -0.1) is 0 Å². The van der Waals surface area contributed by atoms with Gasteiger partial charge in [-0.3, -0.25) is 0 Å². The average Bonchev–Trinajstić information content (AvgIpc) is 2.50. The summed E-state index contributed by atoms with van der Waals surface area (Å²) >= 11 is 0. The SMILES string of the molecule is c1ccc(COc2ccc(CCOC3CCC3)cc2)cc1. The molecule has 0 radical (unpaired) electrons. The van der Waals surface area contributed by atoms with E-state index in [0.717, 1.165) is 18.8 Å². The van der Waals surface area contributed by atoms with E-state index in [9.17, 15) is 0 Å². The van der Waals surface area contributed by atoms with E-state index in [-0.39, 0.29) is 0 Å². The molecule has 21 heavy (non-hydrogen) atoms. The van der Waals surface area contributed by atoms with Gasteiger partial charge in [0.15, 0.2) is 0 Å². The van der Waals surface area contributed by atoms with Crippen LogP contribution in [0.1, 0.15) is 30.4 Å². The van der Waals surface area contributed by atoms with Crippen LogP contribution in [0.3, 0.4) is 0 Å². The van der Waals surface area contributed by atoms with Crippen LogP contribution in [0.5, 0.6) is 5.75 Å². The highest BCUT2D eigenvalue weighted by Gasteiger charge is 2.17. The average molecular weight is 282 g/mol. The van der Waals surface area contributed by atoms with E-state index in [1.165, 1.54) is 30.4 Å². The summed E-state index contributed by atoms with van der Waals surface area (Å²) in [4.78, 5) is 0. The highest BCUT2D eigenvalue weighted by Crippen LogP contribution is 2.22. The summed E-state index contributed by atoms with van der Waals surface area (Å²) < 4.78 is 11.6. The van der Waals surface area contributed by atoms with E-state index in [0.29, 0.717) is 12.7 Å². The Labute approximate surface area is 126 Å². The van der Waals surface area contributed by atoms with Gasteiger partial charge in [0.05, 0.1) is 12.7 Å². The van der Waals surface area contributed by atoms with Crippen molar-refractivity contribution in [2.24, 2.45) is 0 Å². The Kier molecular flexibility index (Phi) is 4.90. The monoisotopic (exact) mass is 282 g/mol. The van der Waals surface area contributed by atoms with Gasteiger partial charge < -0.3 is 9.47 Å². The molecule has 0 unspecified atom stereocenters. The molecule has 2 aromatic carbocycles. The zero-order chi connectivity index (χ0) is 14.3. The van der Waals surface area contributed by atoms with Crippen molar-refractivity contribution in [1.82, 2.24) is 0 Å². The molecule has 2 aromatic rings. The zero-order valence-corrected chi connectivity index (χ0v) is 12.3. The Morgan fingerprint density at radius 2 is 1.62 bits per heavy atom. The maximum atomic E-state index is 5.79. The lowest BCUT2D eigenvalue weighted by atomic mass is 9.96. The first kappa shape index (κ1) is 14.2. The van der Waals surface area contributed by atoms with Crippen molar-refractivity contribution in [3.8, 4) is 5.75 Å². The lowest BCUT2D eigenvalue weighted by Gasteiger charge is -2.25. The first-order valence-corrected chi connectivity index (χ1v) is 7.77. The molecule has 0 saturated heterocycles. The van der Waals surface area contributed by atoms with Gasteiger partial charge in [0.2, 0.25) is 0 Å². The van der Waals surface area contributed by atoms with Gasteiger partial charge in [-0.05, 0) is 48.9 Å². The van der Waals surface area contributed by atoms with Crippen molar-refractivity contribution in [1.29, 1.82) is 0 Å². The normalized spacial score (nSPS) is 14.7. The molecule has 0 aromatic heterocycles. The number of rotatable bonds is 7. The summed E-state index contributed by atoms with van der Waals surface area (Å²) in [7, 11) is 0. The summed E-state index contributed by atoms with van der Waals surface area (Å²) in [6.45, 7) is 1.44. The molecule has 1 saturated carbocycles. The third kappa shape index (κ3) is 4.33. The molecule has 0 spiro atoms. The molecule has 0 bridgehead atoms. The van der Waals surface area contributed by atoms with Crippen molar-refractivity contribution in [3.63, 3.8) is 0 Å². The number of hydrogen-bond acceptors (Lipinski definition) is 2. The standard InChI is InChI=1S/C19H22O2/c1-2-5-17(6-3-1)15-21-19-11-9-16(10-12-19)13-14-20-18-7-4-8-18/h1-3,5-6,9-12,18H,4,7-8,13-15H2. The summed E-state index contributed by atoms with van der Waals surface area (Å²) in [5.74, 6) is 0.919. The largest absolute Gasteiger partial charge is 0.489 e. The lowest BCUT2D eigenvalue weighted by molar-refractivity contribution is 0.00413. The smallest absolute Gasteiger partial charge is 0.119 e. The van der Waals surface area contributed by atoms with Gasteiger partial charge >= 0.3 is 0 Å². The highest BCUT2D eigenvalue weighted by molar-refractivity contribution is 5.28. The fourth-order valence-corrected chi connectivity index (χ4v) is 2.37. The van der Waals surface area contributed by atoms with Gasteiger partial charge in [0.1, 0.15) is 12.4 Å². The molecule has 0 aliphatic heterocycles. The fraction of sp³-hybridized carbons (Fsp3) is 0.368. The molecule has 1 aliphatic carbocycles. The van der Waals surface area contributed by atoms with E-state index < -0.39 is 0 Å². The maximum Gasteiger partial charge on any atom is 0.119 e. The molecule has 0 heterocycles.